The number of fused-ring (bicyclic) bond motifs is 1. The Hall–Kier alpha value is -0.390. The van der Waals surface area contributed by atoms with Crippen LogP contribution in [-0.4, -0.2) is 32.0 Å². The lowest BCUT2D eigenvalue weighted by Crippen LogP contribution is -2.53. The molecule has 1 spiro atoms. The van der Waals surface area contributed by atoms with Crippen molar-refractivity contribution in [3.8, 4) is 0 Å². The van der Waals surface area contributed by atoms with Gasteiger partial charge in [0.1, 0.15) is 10.9 Å². The van der Waals surface area contributed by atoms with E-state index in [0.29, 0.717) is 6.42 Å². The quantitative estimate of drug-likeness (QED) is 0.436. The van der Waals surface area contributed by atoms with Gasteiger partial charge in [-0.3, -0.25) is 4.18 Å². The first kappa shape index (κ1) is 8.88. The van der Waals surface area contributed by atoms with E-state index in [1.165, 1.54) is 0 Å². The predicted octanol–water partition coefficient (Wildman–Crippen LogP) is 0.449. The van der Waals surface area contributed by atoms with Gasteiger partial charge < -0.3 is 4.74 Å². The van der Waals surface area contributed by atoms with Gasteiger partial charge in [-0.15, -0.1) is 0 Å². The molecule has 5 heteroatoms. The second-order valence-electron chi connectivity index (χ2n) is 4.27. The first-order chi connectivity index (χ1) is 6.55. The highest BCUT2D eigenvalue weighted by atomic mass is 32.2. The molecule has 2 bridgehead atoms. The van der Waals surface area contributed by atoms with E-state index >= 15 is 0 Å². The molecular weight excluding hydrogens is 204 g/mol. The average molecular weight is 216 g/mol. The molecule has 3 rings (SSSR count). The number of ether oxygens (including phenoxy) is 1. The van der Waals surface area contributed by atoms with E-state index in [0.717, 1.165) is 0 Å². The van der Waals surface area contributed by atoms with Gasteiger partial charge >= 0.3 is 0 Å². The molecule has 2 fully saturated rings. The zero-order valence-corrected chi connectivity index (χ0v) is 8.66. The summed E-state index contributed by atoms with van der Waals surface area (Å²) < 4.78 is 34.0. The fourth-order valence-corrected chi connectivity index (χ4v) is 4.46. The van der Waals surface area contributed by atoms with Gasteiger partial charge in [0.25, 0.3) is 10.1 Å². The lowest BCUT2D eigenvalue weighted by molar-refractivity contribution is -0.0293. The van der Waals surface area contributed by atoms with E-state index in [1.807, 2.05) is 19.1 Å². The highest BCUT2D eigenvalue weighted by Crippen LogP contribution is 2.49. The van der Waals surface area contributed by atoms with Crippen LogP contribution >= 0.6 is 0 Å². The van der Waals surface area contributed by atoms with Crippen molar-refractivity contribution in [2.45, 2.75) is 30.3 Å². The van der Waals surface area contributed by atoms with E-state index < -0.39 is 21.0 Å². The van der Waals surface area contributed by atoms with E-state index in [9.17, 15) is 8.42 Å². The molecule has 14 heavy (non-hydrogen) atoms. The first-order valence-corrected chi connectivity index (χ1v) is 6.27. The topological polar surface area (TPSA) is 52.6 Å². The van der Waals surface area contributed by atoms with Crippen LogP contribution in [0.15, 0.2) is 12.2 Å². The predicted molar refractivity (Wildman–Crippen MR) is 49.2 cm³/mol. The minimum Gasteiger partial charge on any atom is -0.362 e. The largest absolute Gasteiger partial charge is 0.362 e. The Morgan fingerprint density at radius 3 is 2.93 bits per heavy atom. The summed E-state index contributed by atoms with van der Waals surface area (Å²) >= 11 is 0. The van der Waals surface area contributed by atoms with Gasteiger partial charge in [-0.05, 0) is 6.42 Å². The first-order valence-electron chi connectivity index (χ1n) is 4.80. The van der Waals surface area contributed by atoms with Gasteiger partial charge in [0, 0.05) is 5.92 Å². The van der Waals surface area contributed by atoms with Crippen molar-refractivity contribution < 1.29 is 17.3 Å². The SMILES string of the molecule is C[C@H]1COS(=O)(=O)[C@@H]2C[C@H]3C=C[C@]21O3. The van der Waals surface area contributed by atoms with Crippen LogP contribution in [0.3, 0.4) is 0 Å². The van der Waals surface area contributed by atoms with Gasteiger partial charge in [-0.1, -0.05) is 19.1 Å². The fourth-order valence-electron chi connectivity index (χ4n) is 2.65. The highest BCUT2D eigenvalue weighted by molar-refractivity contribution is 7.87. The van der Waals surface area contributed by atoms with E-state index in [-0.39, 0.29) is 18.6 Å². The molecule has 3 heterocycles. The van der Waals surface area contributed by atoms with Crippen LogP contribution in [0.25, 0.3) is 0 Å². The minimum absolute atomic E-state index is 0.0288. The van der Waals surface area contributed by atoms with Crippen molar-refractivity contribution in [2.24, 2.45) is 5.92 Å². The third-order valence-corrected chi connectivity index (χ3v) is 5.20. The molecule has 3 aliphatic rings. The average Bonchev–Trinajstić information content (AvgIpc) is 2.70. The summed E-state index contributed by atoms with van der Waals surface area (Å²) in [6, 6.07) is 0. The van der Waals surface area contributed by atoms with Crippen LogP contribution in [0.1, 0.15) is 13.3 Å². The Morgan fingerprint density at radius 2 is 2.29 bits per heavy atom. The third kappa shape index (κ3) is 0.877. The maximum absolute atomic E-state index is 11.7. The lowest BCUT2D eigenvalue weighted by Gasteiger charge is -2.39. The van der Waals surface area contributed by atoms with Gasteiger partial charge in [-0.25, -0.2) is 0 Å². The van der Waals surface area contributed by atoms with Crippen LogP contribution in [0.4, 0.5) is 0 Å². The summed E-state index contributed by atoms with van der Waals surface area (Å²) in [5, 5.41) is -0.492. The highest BCUT2D eigenvalue weighted by Gasteiger charge is 2.61. The summed E-state index contributed by atoms with van der Waals surface area (Å²) in [7, 11) is -3.41. The second kappa shape index (κ2) is 2.40. The summed E-state index contributed by atoms with van der Waals surface area (Å²) in [5.74, 6) is 0.111. The van der Waals surface area contributed by atoms with E-state index in [4.69, 9.17) is 8.92 Å². The van der Waals surface area contributed by atoms with Crippen LogP contribution in [0.2, 0.25) is 0 Å². The van der Waals surface area contributed by atoms with Crippen molar-refractivity contribution >= 4 is 10.1 Å². The maximum atomic E-state index is 11.7. The molecular formula is C9H12O4S. The Kier molecular flexibility index (Phi) is 1.52. The summed E-state index contributed by atoms with van der Waals surface area (Å²) in [6.45, 7) is 2.20. The van der Waals surface area contributed by atoms with Gasteiger partial charge in [0.2, 0.25) is 0 Å². The van der Waals surface area contributed by atoms with Crippen molar-refractivity contribution in [1.82, 2.24) is 0 Å². The zero-order chi connectivity index (χ0) is 9.97. The molecule has 0 amide bonds. The van der Waals surface area contributed by atoms with Crippen molar-refractivity contribution in [3.63, 3.8) is 0 Å². The van der Waals surface area contributed by atoms with Crippen molar-refractivity contribution in [2.75, 3.05) is 6.61 Å². The molecule has 0 unspecified atom stereocenters. The third-order valence-electron chi connectivity index (χ3n) is 3.48. The molecule has 0 N–H and O–H groups in total. The summed E-state index contributed by atoms with van der Waals surface area (Å²) in [6.07, 6.45) is 4.40. The number of rotatable bonds is 0. The van der Waals surface area contributed by atoms with Crippen LogP contribution in [0, 0.1) is 5.92 Å². The molecule has 0 saturated carbocycles. The number of hydrogen-bond acceptors (Lipinski definition) is 4. The standard InChI is InChI=1S/C9H12O4S/c1-6-5-12-14(10,11)8-4-7-2-3-9(6,8)13-7/h2-3,6-8H,4-5H2,1H3/t6-,7+,8+,9+/m0/s1. The Balaban J connectivity index is 2.13. The summed E-state index contributed by atoms with van der Waals surface area (Å²) in [4.78, 5) is 0. The van der Waals surface area contributed by atoms with Crippen LogP contribution < -0.4 is 0 Å². The van der Waals surface area contributed by atoms with Crippen LogP contribution in [0.5, 0.6) is 0 Å². The molecule has 4 nitrogen and oxygen atoms in total. The van der Waals surface area contributed by atoms with Crippen molar-refractivity contribution in [3.05, 3.63) is 12.2 Å². The number of hydrogen-bond donors (Lipinski definition) is 0. The van der Waals surface area contributed by atoms with Gasteiger partial charge in [0.05, 0.1) is 12.7 Å². The van der Waals surface area contributed by atoms with E-state index in [2.05, 4.69) is 0 Å². The molecule has 0 aliphatic carbocycles. The Morgan fingerprint density at radius 1 is 1.50 bits per heavy atom. The molecule has 0 radical (unpaired) electrons. The smallest absolute Gasteiger partial charge is 0.273 e. The zero-order valence-electron chi connectivity index (χ0n) is 7.84. The molecule has 0 aromatic rings. The normalized spacial score (nSPS) is 53.4. The minimum atomic E-state index is -3.41. The molecule has 3 aliphatic heterocycles. The van der Waals surface area contributed by atoms with Gasteiger partial charge in [0.15, 0.2) is 0 Å². The molecule has 78 valence electrons. The Labute approximate surface area is 83.0 Å². The fraction of sp³-hybridized carbons (Fsp3) is 0.778. The summed E-state index contributed by atoms with van der Waals surface area (Å²) in [5.41, 5.74) is -0.595. The van der Waals surface area contributed by atoms with E-state index in [1.54, 1.807) is 0 Å². The van der Waals surface area contributed by atoms with Gasteiger partial charge in [-0.2, -0.15) is 8.42 Å². The Bertz CT molecular complexity index is 399. The molecule has 4 atom stereocenters. The lowest BCUT2D eigenvalue weighted by atomic mass is 9.83. The van der Waals surface area contributed by atoms with Crippen molar-refractivity contribution in [1.29, 1.82) is 0 Å². The second-order valence-corrected chi connectivity index (χ2v) is 6.06. The molecule has 0 aromatic carbocycles. The monoisotopic (exact) mass is 216 g/mol. The molecule has 0 aromatic heterocycles. The van der Waals surface area contributed by atoms with Crippen LogP contribution in [-0.2, 0) is 19.0 Å². The maximum Gasteiger partial charge on any atom is 0.273 e. The molecule has 2 saturated heterocycles.